The summed E-state index contributed by atoms with van der Waals surface area (Å²) in [5.74, 6) is -0.930. The van der Waals surface area contributed by atoms with E-state index in [4.69, 9.17) is 0 Å². The summed E-state index contributed by atoms with van der Waals surface area (Å²) >= 11 is 0. The van der Waals surface area contributed by atoms with Crippen LogP contribution in [0.25, 0.3) is 5.65 Å². The van der Waals surface area contributed by atoms with Gasteiger partial charge in [0.05, 0.1) is 6.54 Å². The first-order chi connectivity index (χ1) is 9.75. The molecule has 0 amide bonds. The van der Waals surface area contributed by atoms with Crippen molar-refractivity contribution in [2.75, 3.05) is 0 Å². The van der Waals surface area contributed by atoms with Crippen molar-refractivity contribution in [1.82, 2.24) is 19.9 Å². The zero-order valence-electron chi connectivity index (χ0n) is 10.6. The molecular formula is C14H12F2N4. The van der Waals surface area contributed by atoms with Crippen molar-refractivity contribution in [2.45, 2.75) is 13.1 Å². The molecule has 0 atom stereocenters. The van der Waals surface area contributed by atoms with Gasteiger partial charge in [0.15, 0.2) is 23.1 Å². The molecule has 3 rings (SSSR count). The molecule has 1 N–H and O–H groups in total. The van der Waals surface area contributed by atoms with Crippen LogP contribution in [0.4, 0.5) is 8.78 Å². The molecule has 0 aliphatic carbocycles. The summed E-state index contributed by atoms with van der Waals surface area (Å²) in [6.07, 6.45) is 1.86. The lowest BCUT2D eigenvalue weighted by Gasteiger charge is -2.05. The minimum absolute atomic E-state index is 0.228. The molecule has 0 unspecified atom stereocenters. The highest BCUT2D eigenvalue weighted by Gasteiger charge is 2.08. The summed E-state index contributed by atoms with van der Waals surface area (Å²) in [5, 5.41) is 11.1. The fraction of sp³-hybridized carbons (Fsp3) is 0.143. The normalized spacial score (nSPS) is 11.1. The predicted octanol–water partition coefficient (Wildman–Crippen LogP) is 2.30. The summed E-state index contributed by atoms with van der Waals surface area (Å²) in [6.45, 7) is 0.645. The zero-order chi connectivity index (χ0) is 13.9. The standard InChI is InChI=1S/C14H12F2N4/c15-11-5-3-4-10(14(11)16)8-17-9-13-19-18-12-6-1-2-7-20(12)13/h1-7,17H,8-9H2. The molecule has 0 saturated carbocycles. The van der Waals surface area contributed by atoms with E-state index in [0.29, 0.717) is 12.1 Å². The van der Waals surface area contributed by atoms with Crippen LogP contribution in [0.5, 0.6) is 0 Å². The number of pyridine rings is 1. The van der Waals surface area contributed by atoms with Crippen LogP contribution in [0.15, 0.2) is 42.6 Å². The average molecular weight is 274 g/mol. The van der Waals surface area contributed by atoms with Crippen LogP contribution in [0.1, 0.15) is 11.4 Å². The van der Waals surface area contributed by atoms with E-state index in [1.165, 1.54) is 6.07 Å². The van der Waals surface area contributed by atoms with E-state index in [0.717, 1.165) is 17.5 Å². The maximum Gasteiger partial charge on any atom is 0.163 e. The van der Waals surface area contributed by atoms with Gasteiger partial charge in [-0.2, -0.15) is 0 Å². The second-order valence-electron chi connectivity index (χ2n) is 4.36. The Morgan fingerprint density at radius 3 is 2.80 bits per heavy atom. The van der Waals surface area contributed by atoms with E-state index in [2.05, 4.69) is 15.5 Å². The number of nitrogens with one attached hydrogen (secondary N) is 1. The van der Waals surface area contributed by atoms with Crippen LogP contribution in [0.2, 0.25) is 0 Å². The third-order valence-electron chi connectivity index (χ3n) is 3.01. The van der Waals surface area contributed by atoms with Gasteiger partial charge in [-0.15, -0.1) is 10.2 Å². The monoisotopic (exact) mass is 274 g/mol. The average Bonchev–Trinajstić information content (AvgIpc) is 2.87. The molecule has 0 bridgehead atoms. The molecule has 4 nitrogen and oxygen atoms in total. The fourth-order valence-electron chi connectivity index (χ4n) is 2.01. The largest absolute Gasteiger partial charge is 0.306 e. The highest BCUT2D eigenvalue weighted by molar-refractivity contribution is 5.36. The first-order valence-electron chi connectivity index (χ1n) is 6.18. The van der Waals surface area contributed by atoms with Gasteiger partial charge in [-0.05, 0) is 18.2 Å². The van der Waals surface area contributed by atoms with Gasteiger partial charge in [0, 0.05) is 18.3 Å². The van der Waals surface area contributed by atoms with Crippen molar-refractivity contribution >= 4 is 5.65 Å². The molecule has 102 valence electrons. The van der Waals surface area contributed by atoms with Gasteiger partial charge >= 0.3 is 0 Å². The lowest BCUT2D eigenvalue weighted by molar-refractivity contribution is 0.492. The Bertz CT molecular complexity index is 739. The Morgan fingerprint density at radius 1 is 1.00 bits per heavy atom. The van der Waals surface area contributed by atoms with Gasteiger partial charge in [0.2, 0.25) is 0 Å². The Balaban J connectivity index is 1.70. The smallest absolute Gasteiger partial charge is 0.163 e. The quantitative estimate of drug-likeness (QED) is 0.793. The Morgan fingerprint density at radius 2 is 1.90 bits per heavy atom. The van der Waals surface area contributed by atoms with Gasteiger partial charge in [0.1, 0.15) is 0 Å². The zero-order valence-corrected chi connectivity index (χ0v) is 10.6. The van der Waals surface area contributed by atoms with E-state index in [9.17, 15) is 8.78 Å². The van der Waals surface area contributed by atoms with Crippen LogP contribution >= 0.6 is 0 Å². The number of fused-ring (bicyclic) bond motifs is 1. The lowest BCUT2D eigenvalue weighted by Crippen LogP contribution is -2.16. The SMILES string of the molecule is Fc1cccc(CNCc2nnc3ccccn23)c1F. The summed E-state index contributed by atoms with van der Waals surface area (Å²) in [7, 11) is 0. The molecule has 2 aromatic heterocycles. The van der Waals surface area contributed by atoms with Crippen LogP contribution in [0.3, 0.4) is 0 Å². The number of hydrogen-bond donors (Lipinski definition) is 1. The van der Waals surface area contributed by atoms with Crippen molar-refractivity contribution in [1.29, 1.82) is 0 Å². The van der Waals surface area contributed by atoms with Crippen molar-refractivity contribution < 1.29 is 8.78 Å². The molecule has 0 spiro atoms. The molecule has 1 aromatic carbocycles. The van der Waals surface area contributed by atoms with Gasteiger partial charge in [-0.1, -0.05) is 18.2 Å². The van der Waals surface area contributed by atoms with Gasteiger partial charge < -0.3 is 5.32 Å². The van der Waals surface area contributed by atoms with Gasteiger partial charge in [0.25, 0.3) is 0 Å². The number of aromatic nitrogens is 3. The molecule has 2 heterocycles. The van der Waals surface area contributed by atoms with Gasteiger partial charge in [-0.25, -0.2) is 8.78 Å². The Kier molecular flexibility index (Phi) is 3.39. The number of hydrogen-bond acceptors (Lipinski definition) is 3. The van der Waals surface area contributed by atoms with Crippen molar-refractivity contribution in [3.8, 4) is 0 Å². The minimum Gasteiger partial charge on any atom is -0.306 e. The van der Waals surface area contributed by atoms with Crippen LogP contribution in [0, 0.1) is 11.6 Å². The van der Waals surface area contributed by atoms with E-state index < -0.39 is 11.6 Å². The van der Waals surface area contributed by atoms with E-state index in [-0.39, 0.29) is 6.54 Å². The third kappa shape index (κ3) is 2.37. The second kappa shape index (κ2) is 5.34. The van der Waals surface area contributed by atoms with Crippen molar-refractivity contribution in [3.05, 3.63) is 65.6 Å². The van der Waals surface area contributed by atoms with Crippen molar-refractivity contribution in [3.63, 3.8) is 0 Å². The minimum atomic E-state index is -0.836. The third-order valence-corrected chi connectivity index (χ3v) is 3.01. The number of rotatable bonds is 4. The molecule has 0 aliphatic heterocycles. The topological polar surface area (TPSA) is 42.2 Å². The van der Waals surface area contributed by atoms with Crippen LogP contribution < -0.4 is 5.32 Å². The highest BCUT2D eigenvalue weighted by Crippen LogP contribution is 2.11. The molecule has 20 heavy (non-hydrogen) atoms. The highest BCUT2D eigenvalue weighted by atomic mass is 19.2. The van der Waals surface area contributed by atoms with Crippen LogP contribution in [-0.4, -0.2) is 14.6 Å². The number of benzene rings is 1. The maximum atomic E-state index is 13.5. The van der Waals surface area contributed by atoms with E-state index in [1.807, 2.05) is 28.8 Å². The molecular weight excluding hydrogens is 262 g/mol. The maximum absolute atomic E-state index is 13.5. The second-order valence-corrected chi connectivity index (χ2v) is 4.36. The lowest BCUT2D eigenvalue weighted by atomic mass is 10.2. The Hall–Kier alpha value is -2.34. The molecule has 3 aromatic rings. The predicted molar refractivity (Wildman–Crippen MR) is 69.9 cm³/mol. The van der Waals surface area contributed by atoms with Crippen LogP contribution in [-0.2, 0) is 13.1 Å². The summed E-state index contributed by atoms with van der Waals surface area (Å²) in [4.78, 5) is 0. The van der Waals surface area contributed by atoms with E-state index >= 15 is 0 Å². The number of halogens is 2. The molecule has 0 fully saturated rings. The van der Waals surface area contributed by atoms with Gasteiger partial charge in [-0.3, -0.25) is 4.40 Å². The molecule has 0 radical (unpaired) electrons. The molecule has 6 heteroatoms. The summed E-state index contributed by atoms with van der Waals surface area (Å²) in [6, 6.07) is 9.75. The summed E-state index contributed by atoms with van der Waals surface area (Å²) in [5.41, 5.74) is 1.04. The van der Waals surface area contributed by atoms with Crippen molar-refractivity contribution in [2.24, 2.45) is 0 Å². The Labute approximate surface area is 114 Å². The first kappa shape index (κ1) is 12.7. The molecule has 0 saturated heterocycles. The first-order valence-corrected chi connectivity index (χ1v) is 6.18. The summed E-state index contributed by atoms with van der Waals surface area (Å²) < 4.78 is 28.4. The number of nitrogens with zero attached hydrogens (tertiary/aromatic N) is 3. The fourth-order valence-corrected chi connectivity index (χ4v) is 2.01. The molecule has 0 aliphatic rings. The van der Waals surface area contributed by atoms with E-state index in [1.54, 1.807) is 6.07 Å².